The van der Waals surface area contributed by atoms with E-state index in [1.807, 2.05) is 0 Å². The first-order valence-electron chi connectivity index (χ1n) is 6.55. The van der Waals surface area contributed by atoms with Crippen LogP contribution >= 0.6 is 11.6 Å². The molecule has 0 atom stereocenters. The molecule has 0 saturated heterocycles. The first-order valence-corrected chi connectivity index (χ1v) is 6.93. The molecule has 4 nitrogen and oxygen atoms in total. The number of carbonyl (C=O) groups excluding carboxylic acids is 2. The molecule has 2 rings (SSSR count). The van der Waals surface area contributed by atoms with E-state index in [-0.39, 0.29) is 16.3 Å². The number of benzene rings is 2. The predicted octanol–water partition coefficient (Wildman–Crippen LogP) is 3.72. The van der Waals surface area contributed by atoms with E-state index in [0.29, 0.717) is 5.56 Å². The summed E-state index contributed by atoms with van der Waals surface area (Å²) >= 11 is 5.67. The van der Waals surface area contributed by atoms with Crippen LogP contribution in [0, 0.1) is 18.6 Å². The maximum absolute atomic E-state index is 13.5. The van der Waals surface area contributed by atoms with Crippen molar-refractivity contribution in [3.8, 4) is 0 Å². The fourth-order valence-corrected chi connectivity index (χ4v) is 1.90. The van der Waals surface area contributed by atoms with Crippen molar-refractivity contribution in [1.29, 1.82) is 0 Å². The van der Waals surface area contributed by atoms with Gasteiger partial charge < -0.3 is 10.1 Å². The highest BCUT2D eigenvalue weighted by molar-refractivity contribution is 6.30. The molecule has 120 valence electrons. The molecule has 0 bridgehead atoms. The summed E-state index contributed by atoms with van der Waals surface area (Å²) in [6.07, 6.45) is 0. The van der Waals surface area contributed by atoms with Gasteiger partial charge in [-0.3, -0.25) is 4.79 Å². The standard InChI is InChI=1S/C16H12ClF2NO3/c1-9-2-4-11(7-14(9)19)20-15(21)8-23-16(22)12-6-10(17)3-5-13(12)18/h2-7H,8H2,1H3,(H,20,21). The topological polar surface area (TPSA) is 55.4 Å². The van der Waals surface area contributed by atoms with Gasteiger partial charge in [-0.05, 0) is 42.8 Å². The number of ether oxygens (including phenoxy) is 1. The number of carbonyl (C=O) groups is 2. The highest BCUT2D eigenvalue weighted by Gasteiger charge is 2.15. The molecule has 0 aliphatic heterocycles. The molecular formula is C16H12ClF2NO3. The van der Waals surface area contributed by atoms with E-state index in [1.54, 1.807) is 6.92 Å². The SMILES string of the molecule is Cc1ccc(NC(=O)COC(=O)c2cc(Cl)ccc2F)cc1F. The Morgan fingerprint density at radius 2 is 1.87 bits per heavy atom. The third kappa shape index (κ3) is 4.50. The molecule has 1 N–H and O–H groups in total. The molecule has 2 aromatic carbocycles. The third-order valence-electron chi connectivity index (χ3n) is 2.94. The van der Waals surface area contributed by atoms with Crippen LogP contribution in [0.2, 0.25) is 5.02 Å². The first-order chi connectivity index (χ1) is 10.9. The molecule has 0 aliphatic carbocycles. The zero-order valence-electron chi connectivity index (χ0n) is 12.0. The van der Waals surface area contributed by atoms with Gasteiger partial charge in [-0.15, -0.1) is 0 Å². The number of esters is 1. The minimum atomic E-state index is -1.02. The molecule has 23 heavy (non-hydrogen) atoms. The summed E-state index contributed by atoms with van der Waals surface area (Å²) in [7, 11) is 0. The molecule has 2 aromatic rings. The van der Waals surface area contributed by atoms with E-state index < -0.39 is 30.1 Å². The van der Waals surface area contributed by atoms with Crippen LogP contribution in [0.15, 0.2) is 36.4 Å². The summed E-state index contributed by atoms with van der Waals surface area (Å²) in [6.45, 7) is 0.947. The van der Waals surface area contributed by atoms with Gasteiger partial charge in [0.2, 0.25) is 0 Å². The summed E-state index contributed by atoms with van der Waals surface area (Å²) in [5.74, 6) is -2.97. The number of amides is 1. The van der Waals surface area contributed by atoms with Crippen molar-refractivity contribution >= 4 is 29.2 Å². The summed E-state index contributed by atoms with van der Waals surface area (Å²) in [6, 6.07) is 7.56. The lowest BCUT2D eigenvalue weighted by Gasteiger charge is -2.08. The lowest BCUT2D eigenvalue weighted by atomic mass is 10.2. The van der Waals surface area contributed by atoms with Gasteiger partial charge in [0, 0.05) is 10.7 Å². The van der Waals surface area contributed by atoms with Gasteiger partial charge in [0.05, 0.1) is 5.56 Å². The maximum atomic E-state index is 13.5. The smallest absolute Gasteiger partial charge is 0.341 e. The summed E-state index contributed by atoms with van der Waals surface area (Å²) in [4.78, 5) is 23.4. The lowest BCUT2D eigenvalue weighted by molar-refractivity contribution is -0.119. The highest BCUT2D eigenvalue weighted by Crippen LogP contribution is 2.16. The minimum Gasteiger partial charge on any atom is -0.452 e. The van der Waals surface area contributed by atoms with Crippen LogP contribution in [0.3, 0.4) is 0 Å². The van der Waals surface area contributed by atoms with Crippen molar-refractivity contribution in [1.82, 2.24) is 0 Å². The molecule has 7 heteroatoms. The maximum Gasteiger partial charge on any atom is 0.341 e. The molecular weight excluding hydrogens is 328 g/mol. The summed E-state index contributed by atoms with van der Waals surface area (Å²) in [5, 5.41) is 2.53. The zero-order chi connectivity index (χ0) is 17.0. The van der Waals surface area contributed by atoms with Crippen LogP contribution in [0.4, 0.5) is 14.5 Å². The van der Waals surface area contributed by atoms with Crippen LogP contribution in [-0.4, -0.2) is 18.5 Å². The Morgan fingerprint density at radius 1 is 1.13 bits per heavy atom. The Hall–Kier alpha value is -2.47. The Morgan fingerprint density at radius 3 is 2.57 bits per heavy atom. The Labute approximate surface area is 136 Å². The van der Waals surface area contributed by atoms with E-state index in [2.05, 4.69) is 5.32 Å². The van der Waals surface area contributed by atoms with Crippen molar-refractivity contribution in [2.24, 2.45) is 0 Å². The Balaban J connectivity index is 1.94. The molecule has 0 aromatic heterocycles. The zero-order valence-corrected chi connectivity index (χ0v) is 12.8. The van der Waals surface area contributed by atoms with Crippen molar-refractivity contribution in [3.63, 3.8) is 0 Å². The number of halogens is 3. The van der Waals surface area contributed by atoms with E-state index in [4.69, 9.17) is 16.3 Å². The lowest BCUT2D eigenvalue weighted by Crippen LogP contribution is -2.21. The van der Waals surface area contributed by atoms with Crippen LogP contribution in [0.25, 0.3) is 0 Å². The number of hydrogen-bond acceptors (Lipinski definition) is 3. The van der Waals surface area contributed by atoms with Gasteiger partial charge in [-0.25, -0.2) is 13.6 Å². The second kappa shape index (κ2) is 7.19. The molecule has 1 amide bonds. The second-order valence-corrected chi connectivity index (χ2v) is 5.15. The number of nitrogens with one attached hydrogen (secondary N) is 1. The van der Waals surface area contributed by atoms with Gasteiger partial charge in [0.25, 0.3) is 5.91 Å². The summed E-state index contributed by atoms with van der Waals surface area (Å²) in [5.41, 5.74) is 0.292. The molecule has 0 fully saturated rings. The molecule has 0 radical (unpaired) electrons. The third-order valence-corrected chi connectivity index (χ3v) is 3.17. The van der Waals surface area contributed by atoms with Crippen molar-refractivity contribution in [2.45, 2.75) is 6.92 Å². The average molecular weight is 340 g/mol. The van der Waals surface area contributed by atoms with Gasteiger partial charge in [0.1, 0.15) is 11.6 Å². The van der Waals surface area contributed by atoms with Crippen LogP contribution in [0.1, 0.15) is 15.9 Å². The van der Waals surface area contributed by atoms with Crippen LogP contribution < -0.4 is 5.32 Å². The molecule has 0 spiro atoms. The molecule has 0 saturated carbocycles. The summed E-state index contributed by atoms with van der Waals surface area (Å²) < 4.78 is 31.5. The monoisotopic (exact) mass is 339 g/mol. The van der Waals surface area contributed by atoms with E-state index in [0.717, 1.165) is 18.2 Å². The van der Waals surface area contributed by atoms with Gasteiger partial charge in [0.15, 0.2) is 6.61 Å². The average Bonchev–Trinajstić information content (AvgIpc) is 2.51. The van der Waals surface area contributed by atoms with E-state index in [9.17, 15) is 18.4 Å². The quantitative estimate of drug-likeness (QED) is 0.864. The largest absolute Gasteiger partial charge is 0.452 e. The second-order valence-electron chi connectivity index (χ2n) is 4.71. The van der Waals surface area contributed by atoms with E-state index >= 15 is 0 Å². The van der Waals surface area contributed by atoms with Crippen molar-refractivity contribution in [2.75, 3.05) is 11.9 Å². The predicted molar refractivity (Wildman–Crippen MR) is 81.5 cm³/mol. The Kier molecular flexibility index (Phi) is 5.28. The van der Waals surface area contributed by atoms with E-state index in [1.165, 1.54) is 18.2 Å². The van der Waals surface area contributed by atoms with Gasteiger partial charge in [-0.1, -0.05) is 17.7 Å². The first kappa shape index (κ1) is 16.9. The number of rotatable bonds is 4. The van der Waals surface area contributed by atoms with Crippen molar-refractivity contribution < 1.29 is 23.1 Å². The Bertz CT molecular complexity index is 765. The molecule has 0 unspecified atom stereocenters. The van der Waals surface area contributed by atoms with Gasteiger partial charge >= 0.3 is 5.97 Å². The normalized spacial score (nSPS) is 10.3. The number of anilines is 1. The number of aryl methyl sites for hydroxylation is 1. The fraction of sp³-hybridized carbons (Fsp3) is 0.125. The molecule has 0 aliphatic rings. The van der Waals surface area contributed by atoms with Crippen molar-refractivity contribution in [3.05, 3.63) is 64.2 Å². The van der Waals surface area contributed by atoms with Crippen LogP contribution in [-0.2, 0) is 9.53 Å². The highest BCUT2D eigenvalue weighted by atomic mass is 35.5. The van der Waals surface area contributed by atoms with Crippen LogP contribution in [0.5, 0.6) is 0 Å². The van der Waals surface area contributed by atoms with Gasteiger partial charge in [-0.2, -0.15) is 0 Å². The fourth-order valence-electron chi connectivity index (χ4n) is 1.73. The minimum absolute atomic E-state index is 0.165. The number of hydrogen-bond donors (Lipinski definition) is 1. The molecule has 0 heterocycles.